The first-order chi connectivity index (χ1) is 17.0. The molecule has 4 rings (SSSR count). The van der Waals surface area contributed by atoms with E-state index in [-0.39, 0.29) is 17.0 Å². The fourth-order valence-corrected chi connectivity index (χ4v) is 5.91. The Morgan fingerprint density at radius 2 is 1.86 bits per heavy atom. The molecule has 2 aromatic heterocycles. The Hall–Kier alpha value is -2.82. The zero-order valence-electron chi connectivity index (χ0n) is 19.5. The van der Waals surface area contributed by atoms with E-state index in [1.165, 1.54) is 22.0 Å². The van der Waals surface area contributed by atoms with Crippen molar-refractivity contribution in [1.29, 1.82) is 0 Å². The Labute approximate surface area is 218 Å². The molecule has 0 radical (unpaired) electrons. The molecule has 36 heavy (non-hydrogen) atoms. The SMILES string of the molecule is CCc1sc2nc(SCC(=O)Nc3ccc(Cl)c(C(F)(F)F)c3)n(-c3ccc(C)cc3)c(=O)c2c1C. The molecule has 4 aromatic rings. The summed E-state index contributed by atoms with van der Waals surface area (Å²) in [4.78, 5) is 32.6. The number of aromatic nitrogens is 2. The van der Waals surface area contributed by atoms with Gasteiger partial charge in [-0.05, 0) is 56.2 Å². The van der Waals surface area contributed by atoms with Gasteiger partial charge in [0.2, 0.25) is 5.91 Å². The Bertz CT molecular complexity index is 1510. The summed E-state index contributed by atoms with van der Waals surface area (Å²) in [7, 11) is 0. The lowest BCUT2D eigenvalue weighted by Gasteiger charge is -2.13. The summed E-state index contributed by atoms with van der Waals surface area (Å²) < 4.78 is 40.9. The van der Waals surface area contributed by atoms with E-state index in [0.29, 0.717) is 21.1 Å². The van der Waals surface area contributed by atoms with Crippen LogP contribution >= 0.6 is 34.7 Å². The third kappa shape index (κ3) is 5.30. The summed E-state index contributed by atoms with van der Waals surface area (Å²) in [5, 5.41) is 2.88. The van der Waals surface area contributed by atoms with Crippen molar-refractivity contribution in [3.05, 3.63) is 79.4 Å². The van der Waals surface area contributed by atoms with Gasteiger partial charge < -0.3 is 5.32 Å². The van der Waals surface area contributed by atoms with Crippen LogP contribution in [-0.4, -0.2) is 21.2 Å². The highest BCUT2D eigenvalue weighted by Crippen LogP contribution is 2.36. The maximum absolute atomic E-state index is 13.6. The van der Waals surface area contributed by atoms with Gasteiger partial charge in [-0.3, -0.25) is 14.2 Å². The molecule has 1 amide bonds. The largest absolute Gasteiger partial charge is 0.417 e. The van der Waals surface area contributed by atoms with Gasteiger partial charge in [-0.25, -0.2) is 4.98 Å². The van der Waals surface area contributed by atoms with Crippen molar-refractivity contribution < 1.29 is 18.0 Å². The molecule has 1 N–H and O–H groups in total. The maximum Gasteiger partial charge on any atom is 0.417 e. The fourth-order valence-electron chi connectivity index (χ4n) is 3.71. The number of hydrogen-bond donors (Lipinski definition) is 1. The molecular weight excluding hydrogens is 531 g/mol. The third-order valence-corrected chi connectivity index (χ3v) is 8.13. The van der Waals surface area contributed by atoms with Crippen LogP contribution in [0.3, 0.4) is 0 Å². The van der Waals surface area contributed by atoms with Gasteiger partial charge >= 0.3 is 6.18 Å². The molecule has 2 heterocycles. The molecule has 0 atom stereocenters. The average Bonchev–Trinajstić information content (AvgIpc) is 3.14. The Morgan fingerprint density at radius 1 is 1.17 bits per heavy atom. The van der Waals surface area contributed by atoms with E-state index in [9.17, 15) is 22.8 Å². The fraction of sp³-hybridized carbons (Fsp3) is 0.240. The van der Waals surface area contributed by atoms with Crippen LogP contribution in [0, 0.1) is 13.8 Å². The van der Waals surface area contributed by atoms with Crippen molar-refractivity contribution in [1.82, 2.24) is 9.55 Å². The topological polar surface area (TPSA) is 64.0 Å². The summed E-state index contributed by atoms with van der Waals surface area (Å²) >= 11 is 8.13. The highest BCUT2D eigenvalue weighted by Gasteiger charge is 2.33. The van der Waals surface area contributed by atoms with Crippen molar-refractivity contribution in [2.45, 2.75) is 38.5 Å². The maximum atomic E-state index is 13.6. The highest BCUT2D eigenvalue weighted by atomic mass is 35.5. The first kappa shape index (κ1) is 26.2. The Kier molecular flexibility index (Phi) is 7.49. The minimum Gasteiger partial charge on any atom is -0.325 e. The van der Waals surface area contributed by atoms with E-state index in [4.69, 9.17) is 16.6 Å². The van der Waals surface area contributed by atoms with Crippen molar-refractivity contribution >= 4 is 56.5 Å². The molecule has 0 bridgehead atoms. The Balaban J connectivity index is 1.67. The average molecular weight is 552 g/mol. The van der Waals surface area contributed by atoms with Gasteiger partial charge in [0, 0.05) is 10.6 Å². The number of anilines is 1. The smallest absolute Gasteiger partial charge is 0.325 e. The molecule has 0 saturated carbocycles. The lowest BCUT2D eigenvalue weighted by molar-refractivity contribution is -0.137. The first-order valence-corrected chi connectivity index (χ1v) is 13.1. The third-order valence-electron chi connectivity index (χ3n) is 5.53. The molecule has 0 unspecified atom stereocenters. The number of aryl methyl sites for hydroxylation is 3. The predicted octanol–water partition coefficient (Wildman–Crippen LogP) is 7.03. The number of carbonyl (C=O) groups is 1. The molecule has 0 aliphatic carbocycles. The molecule has 0 aliphatic heterocycles. The number of nitrogens with zero attached hydrogens (tertiary/aromatic N) is 2. The van der Waals surface area contributed by atoms with E-state index >= 15 is 0 Å². The molecule has 188 valence electrons. The number of thiophene rings is 1. The van der Waals surface area contributed by atoms with Gasteiger partial charge in [-0.15, -0.1) is 11.3 Å². The zero-order valence-corrected chi connectivity index (χ0v) is 21.9. The van der Waals surface area contributed by atoms with Gasteiger partial charge in [0.1, 0.15) is 4.83 Å². The minimum absolute atomic E-state index is 0.0295. The van der Waals surface area contributed by atoms with Crippen molar-refractivity contribution in [2.75, 3.05) is 11.1 Å². The van der Waals surface area contributed by atoms with E-state index in [0.717, 1.165) is 46.3 Å². The van der Waals surface area contributed by atoms with E-state index in [1.807, 2.05) is 45.0 Å². The van der Waals surface area contributed by atoms with Crippen molar-refractivity contribution in [3.8, 4) is 5.69 Å². The number of benzene rings is 2. The van der Waals surface area contributed by atoms with Crippen LogP contribution in [0.5, 0.6) is 0 Å². The summed E-state index contributed by atoms with van der Waals surface area (Å²) in [5.41, 5.74) is 1.24. The van der Waals surface area contributed by atoms with Crippen LogP contribution in [0.15, 0.2) is 52.4 Å². The van der Waals surface area contributed by atoms with Gasteiger partial charge in [0.15, 0.2) is 5.16 Å². The number of fused-ring (bicyclic) bond motifs is 1. The van der Waals surface area contributed by atoms with Crippen LogP contribution < -0.4 is 10.9 Å². The molecule has 5 nitrogen and oxygen atoms in total. The molecule has 2 aromatic carbocycles. The lowest BCUT2D eigenvalue weighted by atomic mass is 10.2. The number of carbonyl (C=O) groups excluding carboxylic acids is 1. The zero-order chi connectivity index (χ0) is 26.2. The second kappa shape index (κ2) is 10.3. The number of halogens is 4. The van der Waals surface area contributed by atoms with E-state index < -0.39 is 22.7 Å². The van der Waals surface area contributed by atoms with Gasteiger partial charge in [0.25, 0.3) is 5.56 Å². The van der Waals surface area contributed by atoms with E-state index in [2.05, 4.69) is 5.32 Å². The number of nitrogens with one attached hydrogen (secondary N) is 1. The summed E-state index contributed by atoms with van der Waals surface area (Å²) in [6.07, 6.45) is -3.88. The van der Waals surface area contributed by atoms with Gasteiger partial charge in [0.05, 0.1) is 27.4 Å². The number of amides is 1. The van der Waals surface area contributed by atoms with Crippen LogP contribution in [0.4, 0.5) is 18.9 Å². The monoisotopic (exact) mass is 551 g/mol. The second-order valence-corrected chi connectivity index (χ2v) is 10.5. The van der Waals surface area contributed by atoms with Gasteiger partial charge in [-0.1, -0.05) is 48.0 Å². The molecular formula is C25H21ClF3N3O2S2. The number of rotatable bonds is 6. The van der Waals surface area contributed by atoms with Crippen molar-refractivity contribution in [2.24, 2.45) is 0 Å². The number of alkyl halides is 3. The second-order valence-electron chi connectivity index (χ2n) is 8.08. The summed E-state index contributed by atoms with van der Waals surface area (Å²) in [6.45, 7) is 5.85. The first-order valence-electron chi connectivity index (χ1n) is 10.9. The quantitative estimate of drug-likeness (QED) is 0.206. The van der Waals surface area contributed by atoms with Crippen molar-refractivity contribution in [3.63, 3.8) is 0 Å². The standard InChI is InChI=1S/C25H21ClF3N3O2S2/c1-4-19-14(3)21-22(36-19)31-24(32(23(21)34)16-8-5-13(2)6-9-16)35-12-20(33)30-15-7-10-18(26)17(11-15)25(27,28)29/h5-11H,4,12H2,1-3H3,(H,30,33). The van der Waals surface area contributed by atoms with Crippen LogP contribution in [-0.2, 0) is 17.4 Å². The van der Waals surface area contributed by atoms with Gasteiger partial charge in [-0.2, -0.15) is 13.2 Å². The Morgan fingerprint density at radius 3 is 2.50 bits per heavy atom. The minimum atomic E-state index is -4.65. The molecule has 0 aliphatic rings. The van der Waals surface area contributed by atoms with E-state index in [1.54, 1.807) is 0 Å². The molecule has 0 saturated heterocycles. The number of hydrogen-bond acceptors (Lipinski definition) is 5. The predicted molar refractivity (Wildman–Crippen MR) is 140 cm³/mol. The van der Waals surface area contributed by atoms with Crippen LogP contribution in [0.2, 0.25) is 5.02 Å². The molecule has 0 fully saturated rings. The molecule has 11 heteroatoms. The van der Waals surface area contributed by atoms with Crippen LogP contribution in [0.1, 0.15) is 28.5 Å². The van der Waals surface area contributed by atoms with Crippen LogP contribution in [0.25, 0.3) is 15.9 Å². The summed E-state index contributed by atoms with van der Waals surface area (Å²) in [5.74, 6) is -0.712. The normalized spacial score (nSPS) is 11.8. The molecule has 0 spiro atoms. The number of thioether (sulfide) groups is 1. The lowest BCUT2D eigenvalue weighted by Crippen LogP contribution is -2.23. The summed E-state index contributed by atoms with van der Waals surface area (Å²) in [6, 6.07) is 10.5. The highest BCUT2D eigenvalue weighted by molar-refractivity contribution is 7.99.